The van der Waals surface area contributed by atoms with Gasteiger partial charge in [0, 0.05) is 6.08 Å². The molecule has 78 valence electrons. The number of benzene rings is 1. The predicted molar refractivity (Wildman–Crippen MR) is 56.8 cm³/mol. The van der Waals surface area contributed by atoms with Crippen LogP contribution in [0.5, 0.6) is 0 Å². The second-order valence-corrected chi connectivity index (χ2v) is 2.89. The van der Waals surface area contributed by atoms with Crippen LogP contribution in [0.15, 0.2) is 30.3 Å². The molecular formula is C12H8N2O2. The van der Waals surface area contributed by atoms with Crippen LogP contribution in [0.1, 0.15) is 11.1 Å². The number of esters is 1. The summed E-state index contributed by atoms with van der Waals surface area (Å²) in [5.74, 6) is -0.598. The molecule has 0 spiro atoms. The van der Waals surface area contributed by atoms with Crippen LogP contribution in [0.4, 0.5) is 0 Å². The highest BCUT2D eigenvalue weighted by atomic mass is 16.5. The number of rotatable bonds is 2. The fourth-order valence-electron chi connectivity index (χ4n) is 1.11. The Kier molecular flexibility index (Phi) is 3.83. The number of carbonyl (C=O) groups is 1. The SMILES string of the molecule is COC(=O)C=C(C#N)c1cccc(C#N)c1. The van der Waals surface area contributed by atoms with Crippen molar-refractivity contribution in [3.8, 4) is 12.1 Å². The van der Waals surface area contributed by atoms with Gasteiger partial charge in [-0.2, -0.15) is 10.5 Å². The van der Waals surface area contributed by atoms with E-state index in [-0.39, 0.29) is 5.57 Å². The molecule has 0 amide bonds. The summed E-state index contributed by atoms with van der Waals surface area (Å²) in [4.78, 5) is 11.0. The van der Waals surface area contributed by atoms with Crippen molar-refractivity contribution in [3.63, 3.8) is 0 Å². The first-order chi connectivity index (χ1) is 7.71. The first-order valence-corrected chi connectivity index (χ1v) is 4.41. The van der Waals surface area contributed by atoms with Crippen molar-refractivity contribution in [2.75, 3.05) is 7.11 Å². The fourth-order valence-corrected chi connectivity index (χ4v) is 1.11. The van der Waals surface area contributed by atoms with Crippen molar-refractivity contribution < 1.29 is 9.53 Å². The number of hydrogen-bond donors (Lipinski definition) is 0. The Morgan fingerprint density at radius 1 is 1.44 bits per heavy atom. The van der Waals surface area contributed by atoms with Gasteiger partial charge in [-0.3, -0.25) is 0 Å². The van der Waals surface area contributed by atoms with E-state index in [2.05, 4.69) is 4.74 Å². The Bertz CT molecular complexity index is 519. The highest BCUT2D eigenvalue weighted by Gasteiger charge is 2.04. The van der Waals surface area contributed by atoms with E-state index in [1.807, 2.05) is 12.1 Å². The van der Waals surface area contributed by atoms with Gasteiger partial charge in [0.15, 0.2) is 0 Å². The first kappa shape index (κ1) is 11.5. The molecule has 0 aliphatic carbocycles. The molecule has 0 radical (unpaired) electrons. The topological polar surface area (TPSA) is 73.9 Å². The molecule has 4 heteroatoms. The van der Waals surface area contributed by atoms with Crippen LogP contribution in [0.3, 0.4) is 0 Å². The van der Waals surface area contributed by atoms with Crippen LogP contribution in [0, 0.1) is 22.7 Å². The minimum Gasteiger partial charge on any atom is -0.466 e. The molecular weight excluding hydrogens is 204 g/mol. The van der Waals surface area contributed by atoms with Crippen LogP contribution in [-0.4, -0.2) is 13.1 Å². The van der Waals surface area contributed by atoms with Crippen molar-refractivity contribution in [3.05, 3.63) is 41.5 Å². The number of nitrogens with zero attached hydrogens (tertiary/aromatic N) is 2. The average molecular weight is 212 g/mol. The van der Waals surface area contributed by atoms with Crippen molar-refractivity contribution in [1.82, 2.24) is 0 Å². The second-order valence-electron chi connectivity index (χ2n) is 2.89. The zero-order chi connectivity index (χ0) is 12.0. The van der Waals surface area contributed by atoms with Gasteiger partial charge in [-0.25, -0.2) is 4.79 Å². The smallest absolute Gasteiger partial charge is 0.331 e. The van der Waals surface area contributed by atoms with E-state index in [0.29, 0.717) is 11.1 Å². The minimum atomic E-state index is -0.598. The largest absolute Gasteiger partial charge is 0.466 e. The Morgan fingerprint density at radius 2 is 2.19 bits per heavy atom. The van der Waals surface area contributed by atoms with Gasteiger partial charge in [-0.1, -0.05) is 12.1 Å². The van der Waals surface area contributed by atoms with E-state index >= 15 is 0 Å². The van der Waals surface area contributed by atoms with Crippen LogP contribution >= 0.6 is 0 Å². The zero-order valence-corrected chi connectivity index (χ0v) is 8.60. The molecule has 1 aromatic carbocycles. The molecule has 0 heterocycles. The van der Waals surface area contributed by atoms with Crippen LogP contribution < -0.4 is 0 Å². The van der Waals surface area contributed by atoms with Gasteiger partial charge >= 0.3 is 5.97 Å². The third kappa shape index (κ3) is 2.70. The summed E-state index contributed by atoms with van der Waals surface area (Å²) in [6.07, 6.45) is 1.09. The predicted octanol–water partition coefficient (Wildman–Crippen LogP) is 1.64. The molecule has 0 saturated carbocycles. The maximum atomic E-state index is 11.0. The summed E-state index contributed by atoms with van der Waals surface area (Å²) in [5.41, 5.74) is 1.12. The van der Waals surface area contributed by atoms with Gasteiger partial charge in [0.25, 0.3) is 0 Å². The van der Waals surface area contributed by atoms with Crippen molar-refractivity contribution >= 4 is 11.5 Å². The monoisotopic (exact) mass is 212 g/mol. The van der Waals surface area contributed by atoms with E-state index in [0.717, 1.165) is 6.08 Å². The van der Waals surface area contributed by atoms with Gasteiger partial charge in [0.05, 0.1) is 24.3 Å². The van der Waals surface area contributed by atoms with Crippen molar-refractivity contribution in [1.29, 1.82) is 10.5 Å². The average Bonchev–Trinajstić information content (AvgIpc) is 2.35. The van der Waals surface area contributed by atoms with E-state index in [4.69, 9.17) is 10.5 Å². The summed E-state index contributed by atoms with van der Waals surface area (Å²) < 4.78 is 4.43. The molecule has 16 heavy (non-hydrogen) atoms. The molecule has 0 unspecified atom stereocenters. The van der Waals surface area contributed by atoms with E-state index < -0.39 is 5.97 Å². The summed E-state index contributed by atoms with van der Waals surface area (Å²) in [7, 11) is 1.24. The quantitative estimate of drug-likeness (QED) is 0.424. The maximum absolute atomic E-state index is 11.0. The van der Waals surface area contributed by atoms with Gasteiger partial charge in [0.2, 0.25) is 0 Å². The lowest BCUT2D eigenvalue weighted by molar-refractivity contribution is -0.134. The van der Waals surface area contributed by atoms with Gasteiger partial charge < -0.3 is 4.74 Å². The third-order valence-corrected chi connectivity index (χ3v) is 1.89. The van der Waals surface area contributed by atoms with Crippen LogP contribution in [0.25, 0.3) is 5.57 Å². The number of allylic oxidation sites excluding steroid dienone is 1. The Hall–Kier alpha value is -2.59. The molecule has 0 aliphatic rings. The van der Waals surface area contributed by atoms with Crippen LogP contribution in [0.2, 0.25) is 0 Å². The third-order valence-electron chi connectivity index (χ3n) is 1.89. The first-order valence-electron chi connectivity index (χ1n) is 4.41. The lowest BCUT2D eigenvalue weighted by Crippen LogP contribution is -1.96. The number of ether oxygens (including phenoxy) is 1. The summed E-state index contributed by atoms with van der Waals surface area (Å²) in [6.45, 7) is 0. The number of methoxy groups -OCH3 is 1. The maximum Gasteiger partial charge on any atom is 0.331 e. The summed E-state index contributed by atoms with van der Waals surface area (Å²) in [5, 5.41) is 17.6. The molecule has 0 aromatic heterocycles. The molecule has 0 bridgehead atoms. The Balaban J connectivity index is 3.16. The molecule has 0 saturated heterocycles. The highest BCUT2D eigenvalue weighted by Crippen LogP contribution is 2.15. The molecule has 1 rings (SSSR count). The minimum absolute atomic E-state index is 0.170. The molecule has 0 aliphatic heterocycles. The number of carbonyl (C=O) groups excluding carboxylic acids is 1. The highest BCUT2D eigenvalue weighted by molar-refractivity contribution is 5.95. The molecule has 0 N–H and O–H groups in total. The summed E-state index contributed by atoms with van der Waals surface area (Å²) >= 11 is 0. The zero-order valence-electron chi connectivity index (χ0n) is 8.60. The lowest BCUT2D eigenvalue weighted by Gasteiger charge is -1.99. The molecule has 0 atom stereocenters. The van der Waals surface area contributed by atoms with Crippen molar-refractivity contribution in [2.45, 2.75) is 0 Å². The summed E-state index contributed by atoms with van der Waals surface area (Å²) in [6, 6.07) is 10.3. The normalized spacial score (nSPS) is 10.1. The van der Waals surface area contributed by atoms with Crippen molar-refractivity contribution in [2.24, 2.45) is 0 Å². The van der Waals surface area contributed by atoms with E-state index in [1.54, 1.807) is 18.2 Å². The molecule has 4 nitrogen and oxygen atoms in total. The second kappa shape index (κ2) is 5.33. The number of hydrogen-bond acceptors (Lipinski definition) is 4. The standard InChI is InChI=1S/C12H8N2O2/c1-16-12(15)6-11(8-14)10-4-2-3-9(5-10)7-13/h2-6H,1H3. The fraction of sp³-hybridized carbons (Fsp3) is 0.0833. The Labute approximate surface area is 93.0 Å². The number of nitriles is 2. The lowest BCUT2D eigenvalue weighted by atomic mass is 10.0. The van der Waals surface area contributed by atoms with Gasteiger partial charge in [-0.15, -0.1) is 0 Å². The molecule has 1 aromatic rings. The van der Waals surface area contributed by atoms with E-state index in [9.17, 15) is 4.79 Å². The molecule has 0 fully saturated rings. The van der Waals surface area contributed by atoms with E-state index in [1.165, 1.54) is 13.2 Å². The van der Waals surface area contributed by atoms with Gasteiger partial charge in [0.1, 0.15) is 6.07 Å². The van der Waals surface area contributed by atoms with Gasteiger partial charge in [-0.05, 0) is 17.7 Å². The van der Waals surface area contributed by atoms with Crippen LogP contribution in [-0.2, 0) is 9.53 Å². The Morgan fingerprint density at radius 3 is 2.75 bits per heavy atom.